The highest BCUT2D eigenvalue weighted by Crippen LogP contribution is 2.54. The van der Waals surface area contributed by atoms with Crippen molar-refractivity contribution < 1.29 is 0 Å². The second kappa shape index (κ2) is 6.96. The summed E-state index contributed by atoms with van der Waals surface area (Å²) in [6.45, 7) is 19.3. The van der Waals surface area contributed by atoms with Crippen LogP contribution in [0.3, 0.4) is 0 Å². The second-order valence-electron chi connectivity index (χ2n) is 8.35. The fraction of sp³-hybridized carbons (Fsp3) is 1.00. The van der Waals surface area contributed by atoms with Crippen LogP contribution in [0.2, 0.25) is 0 Å². The lowest BCUT2D eigenvalue weighted by molar-refractivity contribution is -0.0239. The maximum Gasteiger partial charge on any atom is -0.0229 e. The molecule has 0 rings (SSSR count). The topological polar surface area (TPSA) is 0 Å². The molecule has 0 heterocycles. The third kappa shape index (κ3) is 4.94. The van der Waals surface area contributed by atoms with Crippen molar-refractivity contribution in [1.82, 2.24) is 0 Å². The summed E-state index contributed by atoms with van der Waals surface area (Å²) in [5, 5.41) is 0. The minimum Gasteiger partial charge on any atom is -0.0654 e. The monoisotopic (exact) mass is 254 g/mol. The lowest BCUT2D eigenvalue weighted by Crippen LogP contribution is -2.43. The van der Waals surface area contributed by atoms with Gasteiger partial charge in [0.25, 0.3) is 0 Å². The second-order valence-corrected chi connectivity index (χ2v) is 8.35. The molecule has 0 saturated heterocycles. The van der Waals surface area contributed by atoms with Gasteiger partial charge in [-0.15, -0.1) is 0 Å². The fourth-order valence-electron chi connectivity index (χ4n) is 3.13. The molecule has 0 aliphatic rings. The van der Waals surface area contributed by atoms with Crippen LogP contribution in [0.5, 0.6) is 0 Å². The zero-order valence-electron chi connectivity index (χ0n) is 14.4. The Bertz CT molecular complexity index is 197. The number of hydrogen-bond donors (Lipinski definition) is 0. The molecular weight excluding hydrogens is 216 g/mol. The van der Waals surface area contributed by atoms with Crippen LogP contribution < -0.4 is 0 Å². The molecule has 0 amide bonds. The van der Waals surface area contributed by atoms with Crippen LogP contribution in [-0.2, 0) is 0 Å². The molecule has 110 valence electrons. The van der Waals surface area contributed by atoms with Crippen molar-refractivity contribution in [3.63, 3.8) is 0 Å². The summed E-state index contributed by atoms with van der Waals surface area (Å²) in [6, 6.07) is 0. The highest BCUT2D eigenvalue weighted by atomic mass is 14.5. The van der Waals surface area contributed by atoms with Gasteiger partial charge in [-0.25, -0.2) is 0 Å². The Morgan fingerprint density at radius 3 is 1.33 bits per heavy atom. The Morgan fingerprint density at radius 2 is 0.944 bits per heavy atom. The first kappa shape index (κ1) is 18.0. The van der Waals surface area contributed by atoms with Gasteiger partial charge in [-0.3, -0.25) is 0 Å². The molecule has 0 bridgehead atoms. The highest BCUT2D eigenvalue weighted by Gasteiger charge is 2.45. The van der Waals surface area contributed by atoms with Gasteiger partial charge in [0.2, 0.25) is 0 Å². The van der Waals surface area contributed by atoms with Crippen LogP contribution in [0.4, 0.5) is 0 Å². The molecule has 0 fully saturated rings. The minimum atomic E-state index is 0.384. The van der Waals surface area contributed by atoms with Crippen molar-refractivity contribution in [3.05, 3.63) is 0 Å². The van der Waals surface area contributed by atoms with E-state index in [2.05, 4.69) is 55.4 Å². The lowest BCUT2D eigenvalue weighted by atomic mass is 9.53. The smallest absolute Gasteiger partial charge is 0.0229 e. The quantitative estimate of drug-likeness (QED) is 0.436. The van der Waals surface area contributed by atoms with E-state index in [1.165, 1.54) is 44.9 Å². The van der Waals surface area contributed by atoms with Gasteiger partial charge in [0, 0.05) is 0 Å². The van der Waals surface area contributed by atoms with Crippen molar-refractivity contribution in [3.8, 4) is 0 Å². The van der Waals surface area contributed by atoms with Crippen LogP contribution in [0, 0.1) is 16.2 Å². The molecule has 0 aliphatic heterocycles. The SMILES string of the molecule is CCCCCCCCC(C)(C(C)(C)C)C(C)(C)C. The maximum absolute atomic E-state index is 2.50. The van der Waals surface area contributed by atoms with Gasteiger partial charge in [-0.1, -0.05) is 93.9 Å². The zero-order chi connectivity index (χ0) is 14.4. The van der Waals surface area contributed by atoms with Crippen LogP contribution in [0.25, 0.3) is 0 Å². The molecule has 0 spiro atoms. The summed E-state index contributed by atoms with van der Waals surface area (Å²) < 4.78 is 0. The zero-order valence-corrected chi connectivity index (χ0v) is 14.4. The Labute approximate surface area is 117 Å². The predicted molar refractivity (Wildman–Crippen MR) is 85.0 cm³/mol. The van der Waals surface area contributed by atoms with E-state index in [9.17, 15) is 0 Å². The van der Waals surface area contributed by atoms with E-state index >= 15 is 0 Å². The maximum atomic E-state index is 2.50. The third-order valence-corrected chi connectivity index (χ3v) is 5.34. The predicted octanol–water partition coefficient (Wildman–Crippen LogP) is 6.84. The first-order chi connectivity index (χ1) is 8.06. The van der Waals surface area contributed by atoms with Crippen molar-refractivity contribution >= 4 is 0 Å². The van der Waals surface area contributed by atoms with Crippen molar-refractivity contribution in [2.24, 2.45) is 16.2 Å². The number of rotatable bonds is 7. The van der Waals surface area contributed by atoms with E-state index in [1.54, 1.807) is 0 Å². The molecule has 0 radical (unpaired) electrons. The number of hydrogen-bond acceptors (Lipinski definition) is 0. The molecule has 18 heavy (non-hydrogen) atoms. The Kier molecular flexibility index (Phi) is 6.96. The van der Waals surface area contributed by atoms with Crippen LogP contribution >= 0.6 is 0 Å². The standard InChI is InChI=1S/C18H38/c1-9-10-11-12-13-14-15-18(8,16(2,3)4)17(5,6)7/h9-15H2,1-8H3. The molecule has 0 aromatic heterocycles. The van der Waals surface area contributed by atoms with Crippen LogP contribution in [-0.4, -0.2) is 0 Å². The molecule has 0 N–H and O–H groups in total. The molecule has 0 unspecified atom stereocenters. The van der Waals surface area contributed by atoms with Gasteiger partial charge < -0.3 is 0 Å². The van der Waals surface area contributed by atoms with Gasteiger partial charge in [-0.05, 0) is 22.7 Å². The van der Waals surface area contributed by atoms with Crippen molar-refractivity contribution in [1.29, 1.82) is 0 Å². The van der Waals surface area contributed by atoms with E-state index in [1.807, 2.05) is 0 Å². The Hall–Kier alpha value is 0. The molecule has 0 heteroatoms. The van der Waals surface area contributed by atoms with Gasteiger partial charge >= 0.3 is 0 Å². The Morgan fingerprint density at radius 1 is 0.556 bits per heavy atom. The molecule has 0 aromatic carbocycles. The lowest BCUT2D eigenvalue weighted by Gasteiger charge is -2.52. The van der Waals surface area contributed by atoms with E-state index in [0.29, 0.717) is 16.2 Å². The van der Waals surface area contributed by atoms with E-state index in [-0.39, 0.29) is 0 Å². The molecule has 0 saturated carbocycles. The van der Waals surface area contributed by atoms with Crippen molar-refractivity contribution in [2.45, 2.75) is 100 Å². The number of unbranched alkanes of at least 4 members (excludes halogenated alkanes) is 5. The summed E-state index contributed by atoms with van der Waals surface area (Å²) in [6.07, 6.45) is 9.80. The summed E-state index contributed by atoms with van der Waals surface area (Å²) >= 11 is 0. The summed E-state index contributed by atoms with van der Waals surface area (Å²) in [7, 11) is 0. The normalized spacial score (nSPS) is 14.0. The molecule has 0 atom stereocenters. The summed E-state index contributed by atoms with van der Waals surface area (Å²) in [5.41, 5.74) is 1.19. The van der Waals surface area contributed by atoms with Gasteiger partial charge in [0.05, 0.1) is 0 Å². The minimum absolute atomic E-state index is 0.384. The van der Waals surface area contributed by atoms with E-state index in [0.717, 1.165) is 0 Å². The Balaban J connectivity index is 4.30. The van der Waals surface area contributed by atoms with Gasteiger partial charge in [0.1, 0.15) is 0 Å². The largest absolute Gasteiger partial charge is 0.0654 e. The first-order valence-electron chi connectivity index (χ1n) is 8.06. The van der Waals surface area contributed by atoms with E-state index in [4.69, 9.17) is 0 Å². The molecule has 0 aliphatic carbocycles. The molecule has 0 nitrogen and oxygen atoms in total. The molecule has 0 aromatic rings. The van der Waals surface area contributed by atoms with Crippen LogP contribution in [0.15, 0.2) is 0 Å². The first-order valence-corrected chi connectivity index (χ1v) is 8.06. The van der Waals surface area contributed by atoms with Gasteiger partial charge in [0.15, 0.2) is 0 Å². The summed E-state index contributed by atoms with van der Waals surface area (Å²) in [5.74, 6) is 0. The average Bonchev–Trinajstić information content (AvgIpc) is 2.19. The van der Waals surface area contributed by atoms with E-state index < -0.39 is 0 Å². The highest BCUT2D eigenvalue weighted by molar-refractivity contribution is 4.95. The van der Waals surface area contributed by atoms with Crippen molar-refractivity contribution in [2.75, 3.05) is 0 Å². The third-order valence-electron chi connectivity index (χ3n) is 5.34. The molecular formula is C18H38. The average molecular weight is 255 g/mol. The van der Waals surface area contributed by atoms with Crippen LogP contribution in [0.1, 0.15) is 100 Å². The summed E-state index contributed by atoms with van der Waals surface area (Å²) in [4.78, 5) is 0. The van der Waals surface area contributed by atoms with Gasteiger partial charge in [-0.2, -0.15) is 0 Å². The fourth-order valence-corrected chi connectivity index (χ4v) is 3.13.